The van der Waals surface area contributed by atoms with Crippen molar-refractivity contribution >= 4 is 11.6 Å². The van der Waals surface area contributed by atoms with Gasteiger partial charge in [-0.25, -0.2) is 0 Å². The van der Waals surface area contributed by atoms with Crippen LogP contribution in [0, 0.1) is 5.92 Å². The molecule has 4 heteroatoms. The summed E-state index contributed by atoms with van der Waals surface area (Å²) in [5.41, 5.74) is 2.68. The van der Waals surface area contributed by atoms with Crippen LogP contribution >= 0.6 is 0 Å². The molecule has 2 aromatic rings. The molecule has 0 aromatic heterocycles. The van der Waals surface area contributed by atoms with Crippen LogP contribution < -0.4 is 10.1 Å². The van der Waals surface area contributed by atoms with Gasteiger partial charge in [0.1, 0.15) is 12.4 Å². The molecule has 0 spiro atoms. The second-order valence-electron chi connectivity index (χ2n) is 5.55. The fourth-order valence-corrected chi connectivity index (χ4v) is 2.16. The molecule has 0 bridgehead atoms. The number of carbonyl (C=O) groups is 1. The maximum Gasteiger partial charge on any atom is 0.227 e. The molecule has 0 saturated heterocycles. The Morgan fingerprint density at radius 2 is 1.86 bits per heavy atom. The second-order valence-corrected chi connectivity index (χ2v) is 5.55. The number of rotatable bonds is 6. The molecule has 2 N–H and O–H groups in total. The van der Waals surface area contributed by atoms with E-state index >= 15 is 0 Å². The van der Waals surface area contributed by atoms with Gasteiger partial charge in [0.15, 0.2) is 0 Å². The van der Waals surface area contributed by atoms with E-state index < -0.39 is 0 Å². The summed E-state index contributed by atoms with van der Waals surface area (Å²) in [7, 11) is 0. The van der Waals surface area contributed by atoms with Crippen LogP contribution in [0.15, 0.2) is 48.5 Å². The highest BCUT2D eigenvalue weighted by Gasteiger charge is 2.29. The largest absolute Gasteiger partial charge is 0.489 e. The van der Waals surface area contributed by atoms with E-state index in [0.717, 1.165) is 35.4 Å². The van der Waals surface area contributed by atoms with Crippen LogP contribution in [0.2, 0.25) is 0 Å². The highest BCUT2D eigenvalue weighted by atomic mass is 16.5. The Kier molecular flexibility index (Phi) is 4.39. The minimum absolute atomic E-state index is 0.0455. The minimum Gasteiger partial charge on any atom is -0.489 e. The van der Waals surface area contributed by atoms with Crippen molar-refractivity contribution in [1.29, 1.82) is 0 Å². The molecule has 1 aliphatic rings. The smallest absolute Gasteiger partial charge is 0.227 e. The molecule has 2 aromatic carbocycles. The molecular weight excluding hydrogens is 278 g/mol. The molecule has 4 nitrogen and oxygen atoms in total. The van der Waals surface area contributed by atoms with Crippen LogP contribution in [0.1, 0.15) is 24.0 Å². The average molecular weight is 297 g/mol. The van der Waals surface area contributed by atoms with Gasteiger partial charge in [0.05, 0.1) is 6.61 Å². The number of aliphatic hydroxyl groups excluding tert-OH is 1. The first kappa shape index (κ1) is 14.6. The number of ether oxygens (including phenoxy) is 1. The molecule has 0 atom stereocenters. The highest BCUT2D eigenvalue weighted by Crippen LogP contribution is 2.30. The van der Waals surface area contributed by atoms with Crippen LogP contribution in [0.5, 0.6) is 5.75 Å². The molecule has 1 aliphatic carbocycles. The Balaban J connectivity index is 1.58. The Hall–Kier alpha value is -2.33. The van der Waals surface area contributed by atoms with E-state index in [1.54, 1.807) is 0 Å². The zero-order chi connectivity index (χ0) is 15.4. The molecule has 1 amide bonds. The standard InChI is InChI=1S/C18H19NO3/c20-11-13-4-6-14(7-5-13)12-22-17-3-1-2-16(10-17)19-18(21)15-8-9-15/h1-7,10,15,20H,8-9,11-12H2,(H,19,21). The van der Waals surface area contributed by atoms with Crippen molar-refractivity contribution < 1.29 is 14.6 Å². The molecule has 0 unspecified atom stereocenters. The Labute approximate surface area is 129 Å². The van der Waals surface area contributed by atoms with Crippen molar-refractivity contribution in [2.75, 3.05) is 5.32 Å². The third kappa shape index (κ3) is 3.86. The van der Waals surface area contributed by atoms with Gasteiger partial charge < -0.3 is 15.2 Å². The predicted octanol–water partition coefficient (Wildman–Crippen LogP) is 3.11. The van der Waals surface area contributed by atoms with Gasteiger partial charge in [-0.1, -0.05) is 30.3 Å². The number of anilines is 1. The van der Waals surface area contributed by atoms with Gasteiger partial charge in [-0.15, -0.1) is 0 Å². The number of benzene rings is 2. The number of nitrogens with one attached hydrogen (secondary N) is 1. The lowest BCUT2D eigenvalue weighted by atomic mass is 10.1. The molecule has 3 rings (SSSR count). The van der Waals surface area contributed by atoms with Crippen molar-refractivity contribution in [3.05, 3.63) is 59.7 Å². The SMILES string of the molecule is O=C(Nc1cccc(OCc2ccc(CO)cc2)c1)C1CC1. The molecule has 114 valence electrons. The van der Waals surface area contributed by atoms with Gasteiger partial charge in [0.2, 0.25) is 5.91 Å². The number of carbonyl (C=O) groups excluding carboxylic acids is 1. The predicted molar refractivity (Wildman–Crippen MR) is 84.5 cm³/mol. The molecule has 1 saturated carbocycles. The van der Waals surface area contributed by atoms with Gasteiger partial charge in [0, 0.05) is 17.7 Å². The van der Waals surface area contributed by atoms with Gasteiger partial charge in [-0.2, -0.15) is 0 Å². The van der Waals surface area contributed by atoms with E-state index in [2.05, 4.69) is 5.32 Å². The zero-order valence-corrected chi connectivity index (χ0v) is 12.3. The summed E-state index contributed by atoms with van der Waals surface area (Å²) >= 11 is 0. The van der Waals surface area contributed by atoms with E-state index in [1.165, 1.54) is 0 Å². The normalized spacial score (nSPS) is 13.7. The quantitative estimate of drug-likeness (QED) is 0.861. The van der Waals surface area contributed by atoms with Gasteiger partial charge in [-0.05, 0) is 36.1 Å². The zero-order valence-electron chi connectivity index (χ0n) is 12.3. The van der Waals surface area contributed by atoms with E-state index in [-0.39, 0.29) is 18.4 Å². The van der Waals surface area contributed by atoms with E-state index in [1.807, 2.05) is 48.5 Å². The minimum atomic E-state index is 0.0455. The van der Waals surface area contributed by atoms with Gasteiger partial charge in [-0.3, -0.25) is 4.79 Å². The lowest BCUT2D eigenvalue weighted by Gasteiger charge is -2.09. The van der Waals surface area contributed by atoms with Crippen LogP contribution in [-0.4, -0.2) is 11.0 Å². The first-order valence-electron chi connectivity index (χ1n) is 7.47. The summed E-state index contributed by atoms with van der Waals surface area (Å²) in [6, 6.07) is 15.1. The van der Waals surface area contributed by atoms with Crippen molar-refractivity contribution in [3.63, 3.8) is 0 Å². The summed E-state index contributed by atoms with van der Waals surface area (Å²) in [6.07, 6.45) is 1.98. The number of amides is 1. The third-order valence-electron chi connectivity index (χ3n) is 3.66. The number of aliphatic hydroxyl groups is 1. The molecule has 1 fully saturated rings. The van der Waals surface area contributed by atoms with Gasteiger partial charge >= 0.3 is 0 Å². The summed E-state index contributed by atoms with van der Waals surface area (Å²) in [4.78, 5) is 11.8. The molecule has 0 radical (unpaired) electrons. The average Bonchev–Trinajstić information content (AvgIpc) is 3.39. The van der Waals surface area contributed by atoms with E-state index in [4.69, 9.17) is 9.84 Å². The highest BCUT2D eigenvalue weighted by molar-refractivity contribution is 5.94. The van der Waals surface area contributed by atoms with Gasteiger partial charge in [0.25, 0.3) is 0 Å². The van der Waals surface area contributed by atoms with Crippen LogP contribution in [0.25, 0.3) is 0 Å². The lowest BCUT2D eigenvalue weighted by Crippen LogP contribution is -2.13. The first-order valence-corrected chi connectivity index (χ1v) is 7.47. The van der Waals surface area contributed by atoms with Crippen molar-refractivity contribution in [2.45, 2.75) is 26.1 Å². The first-order chi connectivity index (χ1) is 10.7. The number of hydrogen-bond donors (Lipinski definition) is 2. The molecule has 0 aliphatic heterocycles. The lowest BCUT2D eigenvalue weighted by molar-refractivity contribution is -0.117. The van der Waals surface area contributed by atoms with Crippen molar-refractivity contribution in [2.24, 2.45) is 5.92 Å². The van der Waals surface area contributed by atoms with Crippen LogP contribution in [0.3, 0.4) is 0 Å². The topological polar surface area (TPSA) is 58.6 Å². The molecule has 22 heavy (non-hydrogen) atoms. The third-order valence-corrected chi connectivity index (χ3v) is 3.66. The Morgan fingerprint density at radius 1 is 1.14 bits per heavy atom. The summed E-state index contributed by atoms with van der Waals surface area (Å²) in [5, 5.41) is 11.9. The fraction of sp³-hybridized carbons (Fsp3) is 0.278. The Morgan fingerprint density at radius 3 is 2.55 bits per heavy atom. The van der Waals surface area contributed by atoms with Crippen LogP contribution in [-0.2, 0) is 18.0 Å². The summed E-state index contributed by atoms with van der Waals surface area (Å²) in [6.45, 7) is 0.496. The maximum absolute atomic E-state index is 11.8. The van der Waals surface area contributed by atoms with Crippen LogP contribution in [0.4, 0.5) is 5.69 Å². The maximum atomic E-state index is 11.8. The summed E-state index contributed by atoms with van der Waals surface area (Å²) in [5.74, 6) is 1.01. The van der Waals surface area contributed by atoms with E-state index in [9.17, 15) is 4.79 Å². The summed E-state index contributed by atoms with van der Waals surface area (Å²) < 4.78 is 5.75. The fourth-order valence-electron chi connectivity index (χ4n) is 2.16. The van der Waals surface area contributed by atoms with Crippen molar-refractivity contribution in [1.82, 2.24) is 0 Å². The molecular formula is C18H19NO3. The number of hydrogen-bond acceptors (Lipinski definition) is 3. The molecule has 0 heterocycles. The van der Waals surface area contributed by atoms with E-state index in [0.29, 0.717) is 6.61 Å². The monoisotopic (exact) mass is 297 g/mol. The van der Waals surface area contributed by atoms with Crippen molar-refractivity contribution in [3.8, 4) is 5.75 Å². The Bertz CT molecular complexity index is 648. The second kappa shape index (κ2) is 6.62.